The van der Waals surface area contributed by atoms with Crippen molar-refractivity contribution in [2.24, 2.45) is 0 Å². The fourth-order valence-corrected chi connectivity index (χ4v) is 8.80. The second-order valence-corrected chi connectivity index (χ2v) is 12.8. The number of rotatable bonds is 7. The Labute approximate surface area is 181 Å². The molecule has 3 aromatic rings. The largest absolute Gasteiger partial charge is 0.398 e. The molecule has 0 aliphatic carbocycles. The van der Waals surface area contributed by atoms with Gasteiger partial charge in [-0.25, -0.2) is 0 Å². The molecule has 0 saturated carbocycles. The summed E-state index contributed by atoms with van der Waals surface area (Å²) in [5, 5.41) is 15.3. The van der Waals surface area contributed by atoms with Crippen LogP contribution in [0.2, 0.25) is 5.04 Å². The van der Waals surface area contributed by atoms with Crippen LogP contribution in [-0.2, 0) is 4.43 Å². The molecule has 0 heterocycles. The Balaban J connectivity index is 2.27. The van der Waals surface area contributed by atoms with Crippen molar-refractivity contribution in [3.63, 3.8) is 0 Å². The Morgan fingerprint density at radius 1 is 0.800 bits per heavy atom. The maximum absolute atomic E-state index is 9.92. The predicted octanol–water partition coefficient (Wildman–Crippen LogP) is 4.42. The van der Waals surface area contributed by atoms with Crippen LogP contribution < -0.4 is 15.7 Å². The Morgan fingerprint density at radius 3 is 1.60 bits per heavy atom. The standard InChI is InChI=1S/C26H30N2OSi/c1-26(2,3)30(22-16-10-6-11-17-22,23-18-12-7-13-19-23)29-25(24(20-27)28-4)21-14-8-5-9-15-21/h5-19,24-25,28H,1-4H3/t24-,25-/m1/s1. The molecule has 3 aromatic carbocycles. The van der Waals surface area contributed by atoms with E-state index in [9.17, 15) is 5.26 Å². The number of nitrogens with one attached hydrogen (secondary N) is 1. The third kappa shape index (κ3) is 4.24. The van der Waals surface area contributed by atoms with Crippen LogP contribution in [0.4, 0.5) is 0 Å². The highest BCUT2D eigenvalue weighted by Gasteiger charge is 2.52. The summed E-state index contributed by atoms with van der Waals surface area (Å²) >= 11 is 0. The molecular weight excluding hydrogens is 384 g/mol. The van der Waals surface area contributed by atoms with E-state index in [1.807, 2.05) is 49.5 Å². The summed E-state index contributed by atoms with van der Waals surface area (Å²) in [6.07, 6.45) is -0.396. The molecule has 3 rings (SSSR count). The van der Waals surface area contributed by atoms with Gasteiger partial charge in [-0.1, -0.05) is 112 Å². The summed E-state index contributed by atoms with van der Waals surface area (Å²) in [6.45, 7) is 6.76. The van der Waals surface area contributed by atoms with E-state index in [1.54, 1.807) is 0 Å². The molecule has 0 unspecified atom stereocenters. The van der Waals surface area contributed by atoms with Gasteiger partial charge in [-0.2, -0.15) is 5.26 Å². The molecule has 0 bridgehead atoms. The van der Waals surface area contributed by atoms with Gasteiger partial charge in [0, 0.05) is 0 Å². The average molecular weight is 415 g/mol. The van der Waals surface area contributed by atoms with E-state index in [0.29, 0.717) is 0 Å². The summed E-state index contributed by atoms with van der Waals surface area (Å²) < 4.78 is 7.26. The van der Waals surface area contributed by atoms with Crippen LogP contribution in [0.15, 0.2) is 91.0 Å². The van der Waals surface area contributed by atoms with E-state index >= 15 is 0 Å². The number of hydrogen-bond donors (Lipinski definition) is 1. The summed E-state index contributed by atoms with van der Waals surface area (Å²) in [6, 6.07) is 33.1. The van der Waals surface area contributed by atoms with Crippen LogP contribution in [0.5, 0.6) is 0 Å². The van der Waals surface area contributed by atoms with E-state index in [-0.39, 0.29) is 5.04 Å². The predicted molar refractivity (Wildman–Crippen MR) is 126 cm³/mol. The maximum Gasteiger partial charge on any atom is 0.262 e. The zero-order valence-corrected chi connectivity index (χ0v) is 19.2. The minimum atomic E-state index is -2.78. The third-order valence-corrected chi connectivity index (χ3v) is 10.6. The molecule has 0 aromatic heterocycles. The Morgan fingerprint density at radius 2 is 1.23 bits per heavy atom. The number of nitriles is 1. The summed E-state index contributed by atoms with van der Waals surface area (Å²) in [7, 11) is -0.964. The highest BCUT2D eigenvalue weighted by atomic mass is 28.4. The third-order valence-electron chi connectivity index (χ3n) is 5.60. The van der Waals surface area contributed by atoms with E-state index in [4.69, 9.17) is 4.43 Å². The lowest BCUT2D eigenvalue weighted by atomic mass is 10.0. The lowest BCUT2D eigenvalue weighted by Gasteiger charge is -2.46. The number of benzene rings is 3. The number of likely N-dealkylation sites (N-methyl/N-ethyl adjacent to an activating group) is 1. The van der Waals surface area contributed by atoms with Crippen LogP contribution in [0.1, 0.15) is 32.4 Å². The second-order valence-electron chi connectivity index (χ2n) is 8.51. The quantitative estimate of drug-likeness (QED) is 0.582. The van der Waals surface area contributed by atoms with Gasteiger partial charge in [0.25, 0.3) is 8.32 Å². The fourth-order valence-electron chi connectivity index (χ4n) is 4.14. The van der Waals surface area contributed by atoms with Crippen molar-refractivity contribution in [2.45, 2.75) is 38.0 Å². The van der Waals surface area contributed by atoms with Crippen LogP contribution in [0, 0.1) is 11.3 Å². The lowest BCUT2D eigenvalue weighted by Crippen LogP contribution is -2.67. The first-order chi connectivity index (χ1) is 14.4. The molecule has 3 nitrogen and oxygen atoms in total. The number of hydrogen-bond acceptors (Lipinski definition) is 3. The van der Waals surface area contributed by atoms with Crippen molar-refractivity contribution < 1.29 is 4.43 Å². The molecule has 0 aliphatic rings. The molecule has 4 heteroatoms. The van der Waals surface area contributed by atoms with Gasteiger partial charge in [0.05, 0.1) is 12.2 Å². The fraction of sp³-hybridized carbons (Fsp3) is 0.269. The van der Waals surface area contributed by atoms with Gasteiger partial charge in [-0.05, 0) is 28.0 Å². The second kappa shape index (κ2) is 9.40. The normalized spacial score (nSPS) is 14.0. The van der Waals surface area contributed by atoms with Gasteiger partial charge in [-0.15, -0.1) is 0 Å². The van der Waals surface area contributed by atoms with Gasteiger partial charge < -0.3 is 9.74 Å². The topological polar surface area (TPSA) is 45.0 Å². The van der Waals surface area contributed by atoms with Crippen molar-refractivity contribution in [3.8, 4) is 6.07 Å². The molecule has 1 N–H and O–H groups in total. The van der Waals surface area contributed by atoms with Crippen molar-refractivity contribution in [1.82, 2.24) is 5.32 Å². The first-order valence-electron chi connectivity index (χ1n) is 10.3. The van der Waals surface area contributed by atoms with E-state index < -0.39 is 20.5 Å². The summed E-state index contributed by atoms with van der Waals surface area (Å²) in [5.41, 5.74) is 1.01. The molecule has 2 atom stereocenters. The first kappa shape index (κ1) is 22.0. The van der Waals surface area contributed by atoms with Gasteiger partial charge in [0.15, 0.2) is 0 Å². The van der Waals surface area contributed by atoms with Crippen LogP contribution in [-0.4, -0.2) is 21.4 Å². The average Bonchev–Trinajstić information content (AvgIpc) is 2.78. The molecule has 0 saturated heterocycles. The lowest BCUT2D eigenvalue weighted by molar-refractivity contribution is 0.167. The highest BCUT2D eigenvalue weighted by Crippen LogP contribution is 2.40. The van der Waals surface area contributed by atoms with Crippen LogP contribution >= 0.6 is 0 Å². The van der Waals surface area contributed by atoms with Gasteiger partial charge in [-0.3, -0.25) is 0 Å². The van der Waals surface area contributed by atoms with Crippen molar-refractivity contribution in [2.75, 3.05) is 7.05 Å². The molecule has 0 amide bonds. The summed E-state index contributed by atoms with van der Waals surface area (Å²) in [5.74, 6) is 0. The SMILES string of the molecule is CN[C@H](C#N)[C@H](O[Si](c1ccccc1)(c1ccccc1)C(C)(C)C)c1ccccc1. The van der Waals surface area contributed by atoms with Crippen LogP contribution in [0.25, 0.3) is 0 Å². The molecule has 0 fully saturated rings. The molecule has 0 aliphatic heterocycles. The van der Waals surface area contributed by atoms with Crippen molar-refractivity contribution in [1.29, 1.82) is 5.26 Å². The molecule has 30 heavy (non-hydrogen) atoms. The minimum Gasteiger partial charge on any atom is -0.398 e. The van der Waals surface area contributed by atoms with Gasteiger partial charge in [0.2, 0.25) is 0 Å². The molecule has 154 valence electrons. The Hall–Kier alpha value is -2.71. The van der Waals surface area contributed by atoms with Gasteiger partial charge >= 0.3 is 0 Å². The maximum atomic E-state index is 9.92. The molecular formula is C26H30N2OSi. The Bertz CT molecular complexity index is 923. The molecule has 0 radical (unpaired) electrons. The van der Waals surface area contributed by atoms with Crippen LogP contribution in [0.3, 0.4) is 0 Å². The van der Waals surface area contributed by atoms with Crippen molar-refractivity contribution in [3.05, 3.63) is 96.6 Å². The zero-order chi connectivity index (χ0) is 21.6. The number of nitrogens with zero attached hydrogens (tertiary/aromatic N) is 1. The monoisotopic (exact) mass is 414 g/mol. The van der Waals surface area contributed by atoms with E-state index in [0.717, 1.165) is 5.56 Å². The van der Waals surface area contributed by atoms with E-state index in [1.165, 1.54) is 10.4 Å². The van der Waals surface area contributed by atoms with E-state index in [2.05, 4.69) is 80.7 Å². The summed E-state index contributed by atoms with van der Waals surface area (Å²) in [4.78, 5) is 0. The van der Waals surface area contributed by atoms with Crippen molar-refractivity contribution >= 4 is 18.7 Å². The smallest absolute Gasteiger partial charge is 0.262 e. The zero-order valence-electron chi connectivity index (χ0n) is 18.2. The Kier molecular flexibility index (Phi) is 6.89. The first-order valence-corrected chi connectivity index (χ1v) is 12.3. The van der Waals surface area contributed by atoms with Gasteiger partial charge in [0.1, 0.15) is 6.04 Å². The molecule has 0 spiro atoms. The minimum absolute atomic E-state index is 0.156. The highest BCUT2D eigenvalue weighted by molar-refractivity contribution is 6.99.